The summed E-state index contributed by atoms with van der Waals surface area (Å²) in [6.07, 6.45) is 3.76. The Morgan fingerprint density at radius 1 is 1.07 bits per heavy atom. The Morgan fingerprint density at radius 2 is 1.81 bits per heavy atom. The quantitative estimate of drug-likeness (QED) is 0.691. The van der Waals surface area contributed by atoms with Crippen molar-refractivity contribution in [2.24, 2.45) is 0 Å². The van der Waals surface area contributed by atoms with Crippen LogP contribution in [0.5, 0.6) is 5.75 Å². The van der Waals surface area contributed by atoms with Crippen molar-refractivity contribution in [3.63, 3.8) is 0 Å². The van der Waals surface area contributed by atoms with Gasteiger partial charge in [0, 0.05) is 31.9 Å². The normalized spacial score (nSPS) is 15.0. The highest BCUT2D eigenvalue weighted by molar-refractivity contribution is 5.78. The minimum absolute atomic E-state index is 0.589. The van der Waals surface area contributed by atoms with Crippen LogP contribution < -0.4 is 20.7 Å². The predicted molar refractivity (Wildman–Crippen MR) is 111 cm³/mol. The van der Waals surface area contributed by atoms with Gasteiger partial charge in [-0.1, -0.05) is 20.3 Å². The van der Waals surface area contributed by atoms with Crippen LogP contribution in [0.25, 0.3) is 0 Å². The molecule has 0 aliphatic carbocycles. The first-order chi connectivity index (χ1) is 13.2. The number of anilines is 4. The lowest BCUT2D eigenvalue weighted by Crippen LogP contribution is -2.46. The number of nitrogens with two attached hydrogens (primary N) is 1. The first-order valence-corrected chi connectivity index (χ1v) is 9.79. The molecule has 2 heterocycles. The average molecular weight is 371 g/mol. The monoisotopic (exact) mass is 370 g/mol. The minimum atomic E-state index is 0.589. The van der Waals surface area contributed by atoms with Gasteiger partial charge in [-0.25, -0.2) is 9.97 Å². The maximum Gasteiger partial charge on any atom is 0.159 e. The Balaban J connectivity index is 1.65. The molecule has 2 aromatic rings. The van der Waals surface area contributed by atoms with Crippen LogP contribution in [0.2, 0.25) is 0 Å². The van der Waals surface area contributed by atoms with E-state index in [1.54, 1.807) is 6.33 Å². The van der Waals surface area contributed by atoms with Gasteiger partial charge in [0.05, 0.1) is 6.61 Å². The van der Waals surface area contributed by atoms with Gasteiger partial charge in [-0.3, -0.25) is 0 Å². The third-order valence-electron chi connectivity index (χ3n) is 4.87. The molecule has 1 fully saturated rings. The van der Waals surface area contributed by atoms with Gasteiger partial charge in [0.2, 0.25) is 0 Å². The van der Waals surface area contributed by atoms with Gasteiger partial charge < -0.3 is 25.6 Å². The molecule has 7 heteroatoms. The molecule has 146 valence electrons. The standard InChI is InChI=1S/C20H30N6O/c1-3-5-14-27-17-8-6-16(7-9-17)24-19-18(21)20(23-15-22-19)26-12-10-25(4-2)11-13-26/h6-9,15H,3-5,10-14,21H2,1-2H3,(H,22,23,24). The van der Waals surface area contributed by atoms with Crippen molar-refractivity contribution < 1.29 is 4.74 Å². The van der Waals surface area contributed by atoms with E-state index in [4.69, 9.17) is 10.5 Å². The summed E-state index contributed by atoms with van der Waals surface area (Å²) in [7, 11) is 0. The molecule has 3 rings (SSSR count). The summed E-state index contributed by atoms with van der Waals surface area (Å²) >= 11 is 0. The van der Waals surface area contributed by atoms with Crippen LogP contribution >= 0.6 is 0 Å². The molecule has 1 aromatic heterocycles. The van der Waals surface area contributed by atoms with Crippen LogP contribution in [0.1, 0.15) is 26.7 Å². The molecular formula is C20H30N6O. The number of rotatable bonds is 8. The number of benzene rings is 1. The maximum absolute atomic E-state index is 6.37. The lowest BCUT2D eigenvalue weighted by Gasteiger charge is -2.35. The number of nitrogens with one attached hydrogen (secondary N) is 1. The Kier molecular flexibility index (Phi) is 6.70. The lowest BCUT2D eigenvalue weighted by molar-refractivity contribution is 0.270. The molecule has 1 aliphatic rings. The number of likely N-dealkylation sites (N-methyl/N-ethyl adjacent to an activating group) is 1. The van der Waals surface area contributed by atoms with Crippen molar-refractivity contribution in [3.05, 3.63) is 30.6 Å². The number of nitrogen functional groups attached to an aromatic ring is 1. The van der Waals surface area contributed by atoms with E-state index < -0.39 is 0 Å². The van der Waals surface area contributed by atoms with Crippen LogP contribution in [-0.2, 0) is 0 Å². The zero-order valence-corrected chi connectivity index (χ0v) is 16.3. The smallest absolute Gasteiger partial charge is 0.159 e. The van der Waals surface area contributed by atoms with E-state index in [1.807, 2.05) is 24.3 Å². The second kappa shape index (κ2) is 9.41. The summed E-state index contributed by atoms with van der Waals surface area (Å²) in [6.45, 7) is 10.1. The molecule has 27 heavy (non-hydrogen) atoms. The van der Waals surface area contributed by atoms with Crippen molar-refractivity contribution in [1.82, 2.24) is 14.9 Å². The summed E-state index contributed by atoms with van der Waals surface area (Å²) in [6, 6.07) is 7.87. The average Bonchev–Trinajstić information content (AvgIpc) is 2.71. The van der Waals surface area contributed by atoms with Gasteiger partial charge in [-0.2, -0.15) is 0 Å². The van der Waals surface area contributed by atoms with E-state index in [0.29, 0.717) is 11.5 Å². The molecule has 0 atom stereocenters. The molecule has 0 radical (unpaired) electrons. The van der Waals surface area contributed by atoms with Crippen LogP contribution in [0.3, 0.4) is 0 Å². The third kappa shape index (κ3) is 5.01. The third-order valence-corrected chi connectivity index (χ3v) is 4.87. The lowest BCUT2D eigenvalue weighted by atomic mass is 10.2. The molecule has 1 aromatic carbocycles. The molecule has 0 saturated carbocycles. The highest BCUT2D eigenvalue weighted by atomic mass is 16.5. The topological polar surface area (TPSA) is 79.5 Å². The fourth-order valence-electron chi connectivity index (χ4n) is 3.12. The summed E-state index contributed by atoms with van der Waals surface area (Å²) in [5, 5.41) is 3.30. The van der Waals surface area contributed by atoms with E-state index in [1.165, 1.54) is 0 Å². The number of aromatic nitrogens is 2. The minimum Gasteiger partial charge on any atom is -0.494 e. The van der Waals surface area contributed by atoms with Crippen LogP contribution in [0.15, 0.2) is 30.6 Å². The number of piperazine rings is 1. The van der Waals surface area contributed by atoms with Crippen LogP contribution in [0, 0.1) is 0 Å². The van der Waals surface area contributed by atoms with E-state index in [2.05, 4.69) is 38.9 Å². The fraction of sp³-hybridized carbons (Fsp3) is 0.500. The Hall–Kier alpha value is -2.54. The molecule has 0 unspecified atom stereocenters. The maximum atomic E-state index is 6.37. The second-order valence-electron chi connectivity index (χ2n) is 6.73. The van der Waals surface area contributed by atoms with Crippen molar-refractivity contribution >= 4 is 23.0 Å². The molecular weight excluding hydrogens is 340 g/mol. The molecule has 1 aliphatic heterocycles. The molecule has 0 bridgehead atoms. The van der Waals surface area contributed by atoms with Gasteiger partial charge in [0.15, 0.2) is 11.6 Å². The van der Waals surface area contributed by atoms with Gasteiger partial charge in [-0.15, -0.1) is 0 Å². The summed E-state index contributed by atoms with van der Waals surface area (Å²) in [5.74, 6) is 2.32. The summed E-state index contributed by atoms with van der Waals surface area (Å²) < 4.78 is 5.70. The Labute approximate surface area is 161 Å². The number of nitrogens with zero attached hydrogens (tertiary/aromatic N) is 4. The highest BCUT2D eigenvalue weighted by Gasteiger charge is 2.20. The van der Waals surface area contributed by atoms with Crippen molar-refractivity contribution in [2.45, 2.75) is 26.7 Å². The van der Waals surface area contributed by atoms with Crippen LogP contribution in [-0.4, -0.2) is 54.2 Å². The fourth-order valence-corrected chi connectivity index (χ4v) is 3.12. The van der Waals surface area contributed by atoms with Crippen LogP contribution in [0.4, 0.5) is 23.0 Å². The van der Waals surface area contributed by atoms with E-state index in [-0.39, 0.29) is 0 Å². The molecule has 0 amide bonds. The first kappa shape index (κ1) is 19.2. The van der Waals surface area contributed by atoms with Gasteiger partial charge in [0.25, 0.3) is 0 Å². The second-order valence-corrected chi connectivity index (χ2v) is 6.73. The summed E-state index contributed by atoms with van der Waals surface area (Å²) in [4.78, 5) is 13.4. The Morgan fingerprint density at radius 3 is 2.48 bits per heavy atom. The number of ether oxygens (including phenoxy) is 1. The predicted octanol–water partition coefficient (Wildman–Crippen LogP) is 3.12. The first-order valence-electron chi connectivity index (χ1n) is 9.79. The van der Waals surface area contributed by atoms with E-state index >= 15 is 0 Å². The highest BCUT2D eigenvalue weighted by Crippen LogP contribution is 2.29. The zero-order chi connectivity index (χ0) is 19.1. The Bertz CT molecular complexity index is 713. The molecule has 1 saturated heterocycles. The van der Waals surface area contributed by atoms with Crippen molar-refractivity contribution in [1.29, 1.82) is 0 Å². The number of unbranched alkanes of at least 4 members (excludes halogenated alkanes) is 1. The van der Waals surface area contributed by atoms with Crippen molar-refractivity contribution in [2.75, 3.05) is 55.3 Å². The molecule has 3 N–H and O–H groups in total. The number of hydrogen-bond donors (Lipinski definition) is 2. The van der Waals surface area contributed by atoms with Gasteiger partial charge >= 0.3 is 0 Å². The SMILES string of the molecule is CCCCOc1ccc(Nc2ncnc(N3CCN(CC)CC3)c2N)cc1. The van der Waals surface area contributed by atoms with Crippen molar-refractivity contribution in [3.8, 4) is 5.75 Å². The zero-order valence-electron chi connectivity index (χ0n) is 16.3. The summed E-state index contributed by atoms with van der Waals surface area (Å²) in [5.41, 5.74) is 7.88. The molecule has 7 nitrogen and oxygen atoms in total. The molecule has 0 spiro atoms. The van der Waals surface area contributed by atoms with Gasteiger partial charge in [0.1, 0.15) is 17.8 Å². The van der Waals surface area contributed by atoms with E-state index in [0.717, 1.165) is 69.4 Å². The van der Waals surface area contributed by atoms with Gasteiger partial charge in [-0.05, 0) is 37.2 Å². The largest absolute Gasteiger partial charge is 0.494 e. The number of hydrogen-bond acceptors (Lipinski definition) is 7. The van der Waals surface area contributed by atoms with E-state index in [9.17, 15) is 0 Å².